The third-order valence-corrected chi connectivity index (χ3v) is 1.65. The van der Waals surface area contributed by atoms with E-state index >= 15 is 0 Å². The molecule has 0 atom stereocenters. The van der Waals surface area contributed by atoms with Crippen LogP contribution in [0.1, 0.15) is 18.7 Å². The minimum absolute atomic E-state index is 0.862. The summed E-state index contributed by atoms with van der Waals surface area (Å²) in [5.41, 5.74) is 0. The molecule has 0 aliphatic heterocycles. The van der Waals surface area contributed by atoms with Crippen LogP contribution < -0.4 is 0 Å². The molecular weight excluding hydrogens is 144 g/mol. The summed E-state index contributed by atoms with van der Waals surface area (Å²) < 4.78 is 0. The molecule has 10 heavy (non-hydrogen) atoms. The Kier molecular flexibility index (Phi) is 3.36. The molecule has 0 unspecified atom stereocenters. The van der Waals surface area contributed by atoms with Crippen molar-refractivity contribution in [3.8, 4) is 0 Å². The van der Waals surface area contributed by atoms with Crippen molar-refractivity contribution < 1.29 is 0 Å². The zero-order valence-electron chi connectivity index (χ0n) is 5.84. The zero-order chi connectivity index (χ0) is 7.23. The highest BCUT2D eigenvalue weighted by atomic mass is 32.1. The van der Waals surface area contributed by atoms with E-state index in [1.807, 2.05) is 6.20 Å². The second kappa shape index (κ2) is 4.39. The SMILES string of the molecule is [S]CCCCc1ncc[nH]1. The van der Waals surface area contributed by atoms with Gasteiger partial charge in [0, 0.05) is 24.6 Å². The van der Waals surface area contributed by atoms with Crippen LogP contribution in [0.2, 0.25) is 0 Å². The fraction of sp³-hybridized carbons (Fsp3) is 0.571. The average Bonchev–Trinajstić information content (AvgIpc) is 2.41. The van der Waals surface area contributed by atoms with E-state index in [0.29, 0.717) is 0 Å². The Bertz CT molecular complexity index is 160. The molecule has 1 aromatic heterocycles. The Hall–Kier alpha value is -0.440. The van der Waals surface area contributed by atoms with Gasteiger partial charge in [-0.3, -0.25) is 0 Å². The topological polar surface area (TPSA) is 28.7 Å². The number of aromatic nitrogens is 2. The van der Waals surface area contributed by atoms with Crippen LogP contribution >= 0.6 is 12.6 Å². The Morgan fingerprint density at radius 1 is 1.50 bits per heavy atom. The number of unbranched alkanes of at least 4 members (excludes halogenated alkanes) is 1. The number of hydrogen-bond donors (Lipinski definition) is 1. The van der Waals surface area contributed by atoms with Crippen LogP contribution in [0.5, 0.6) is 0 Å². The monoisotopic (exact) mass is 155 g/mol. The van der Waals surface area contributed by atoms with Crippen LogP contribution in [0.15, 0.2) is 12.4 Å². The summed E-state index contributed by atoms with van der Waals surface area (Å²) in [6.45, 7) is 0. The Morgan fingerprint density at radius 3 is 3.00 bits per heavy atom. The quantitative estimate of drug-likeness (QED) is 0.661. The first-order valence-corrected chi connectivity index (χ1v) is 4.07. The van der Waals surface area contributed by atoms with Gasteiger partial charge in [-0.2, -0.15) is 0 Å². The van der Waals surface area contributed by atoms with Gasteiger partial charge in [-0.1, -0.05) is 12.6 Å². The predicted octanol–water partition coefficient (Wildman–Crippen LogP) is 1.93. The molecule has 0 saturated heterocycles. The van der Waals surface area contributed by atoms with E-state index in [1.54, 1.807) is 6.20 Å². The van der Waals surface area contributed by atoms with Gasteiger partial charge in [0.25, 0.3) is 0 Å². The highest BCUT2D eigenvalue weighted by Gasteiger charge is 1.92. The molecular formula is C7H11N2S. The first-order chi connectivity index (χ1) is 4.93. The molecule has 0 spiro atoms. The van der Waals surface area contributed by atoms with Crippen molar-refractivity contribution in [3.05, 3.63) is 18.2 Å². The van der Waals surface area contributed by atoms with Crippen molar-refractivity contribution >= 4 is 12.6 Å². The predicted molar refractivity (Wildman–Crippen MR) is 44.0 cm³/mol. The number of hydrogen-bond acceptors (Lipinski definition) is 1. The molecule has 0 aliphatic carbocycles. The molecule has 2 nitrogen and oxygen atoms in total. The summed E-state index contributed by atoms with van der Waals surface area (Å²) in [6.07, 6.45) is 6.93. The van der Waals surface area contributed by atoms with Gasteiger partial charge in [0.1, 0.15) is 5.82 Å². The summed E-state index contributed by atoms with van der Waals surface area (Å²) >= 11 is 4.82. The van der Waals surface area contributed by atoms with Gasteiger partial charge < -0.3 is 4.98 Å². The van der Waals surface area contributed by atoms with Crippen LogP contribution in [-0.2, 0) is 6.42 Å². The van der Waals surface area contributed by atoms with Gasteiger partial charge in [0.2, 0.25) is 0 Å². The molecule has 0 aromatic carbocycles. The third-order valence-electron chi connectivity index (χ3n) is 1.36. The first-order valence-electron chi connectivity index (χ1n) is 3.50. The van der Waals surface area contributed by atoms with Gasteiger partial charge in [-0.15, -0.1) is 0 Å². The summed E-state index contributed by atoms with van der Waals surface area (Å²) in [7, 11) is 0. The minimum Gasteiger partial charge on any atom is -0.349 e. The lowest BCUT2D eigenvalue weighted by molar-refractivity contribution is 0.769. The second-order valence-corrected chi connectivity index (χ2v) is 2.61. The number of aryl methyl sites for hydroxylation is 1. The Balaban J connectivity index is 2.15. The molecule has 1 rings (SSSR count). The standard InChI is InChI=1S/C7H11N2S/c10-6-2-1-3-7-8-4-5-9-7/h4-5H,1-3,6H2,(H,8,9). The van der Waals surface area contributed by atoms with Crippen LogP contribution in [0, 0.1) is 0 Å². The molecule has 0 amide bonds. The summed E-state index contributed by atoms with van der Waals surface area (Å²) in [6, 6.07) is 0. The van der Waals surface area contributed by atoms with Gasteiger partial charge in [-0.25, -0.2) is 4.98 Å². The maximum absolute atomic E-state index is 4.82. The fourth-order valence-electron chi connectivity index (χ4n) is 0.829. The van der Waals surface area contributed by atoms with E-state index in [0.717, 1.165) is 30.8 Å². The molecule has 0 aliphatic rings. The second-order valence-electron chi connectivity index (χ2n) is 2.20. The molecule has 1 heterocycles. The van der Waals surface area contributed by atoms with Gasteiger partial charge in [0.05, 0.1) is 0 Å². The molecule has 55 valence electrons. The summed E-state index contributed by atoms with van der Waals surface area (Å²) in [5, 5.41) is 0. The first kappa shape index (κ1) is 7.66. The van der Waals surface area contributed by atoms with Gasteiger partial charge in [0.15, 0.2) is 0 Å². The summed E-state index contributed by atoms with van der Waals surface area (Å²) in [4.78, 5) is 7.15. The molecule has 0 fully saturated rings. The molecule has 0 saturated carbocycles. The zero-order valence-corrected chi connectivity index (χ0v) is 6.66. The van der Waals surface area contributed by atoms with Gasteiger partial charge >= 0.3 is 0 Å². The summed E-state index contributed by atoms with van der Waals surface area (Å²) in [5.74, 6) is 1.93. The number of rotatable bonds is 4. The number of aromatic amines is 1. The molecule has 1 N–H and O–H groups in total. The lowest BCUT2D eigenvalue weighted by Crippen LogP contribution is -1.88. The number of H-pyrrole nitrogens is 1. The average molecular weight is 155 g/mol. The normalized spacial score (nSPS) is 10.1. The van der Waals surface area contributed by atoms with Crippen molar-refractivity contribution in [3.63, 3.8) is 0 Å². The molecule has 1 aromatic rings. The molecule has 0 bridgehead atoms. The van der Waals surface area contributed by atoms with Crippen LogP contribution in [0.25, 0.3) is 0 Å². The molecule has 3 heteroatoms. The highest BCUT2D eigenvalue weighted by Crippen LogP contribution is 1.98. The van der Waals surface area contributed by atoms with Crippen molar-refractivity contribution in [1.82, 2.24) is 9.97 Å². The maximum atomic E-state index is 4.82. The lowest BCUT2D eigenvalue weighted by atomic mass is 10.2. The third kappa shape index (κ3) is 2.43. The van der Waals surface area contributed by atoms with Crippen molar-refractivity contribution in [2.24, 2.45) is 0 Å². The van der Waals surface area contributed by atoms with Crippen LogP contribution in [0.3, 0.4) is 0 Å². The van der Waals surface area contributed by atoms with E-state index in [9.17, 15) is 0 Å². The minimum atomic E-state index is 0.862. The Morgan fingerprint density at radius 2 is 2.40 bits per heavy atom. The maximum Gasteiger partial charge on any atom is 0.105 e. The Labute approximate surface area is 66.5 Å². The van der Waals surface area contributed by atoms with Crippen LogP contribution in [0.4, 0.5) is 0 Å². The number of imidazole rings is 1. The highest BCUT2D eigenvalue weighted by molar-refractivity contribution is 7.80. The fourth-order valence-corrected chi connectivity index (χ4v) is 1.03. The van der Waals surface area contributed by atoms with E-state index < -0.39 is 0 Å². The van der Waals surface area contributed by atoms with E-state index in [-0.39, 0.29) is 0 Å². The van der Waals surface area contributed by atoms with E-state index in [1.165, 1.54) is 0 Å². The van der Waals surface area contributed by atoms with E-state index in [2.05, 4.69) is 9.97 Å². The van der Waals surface area contributed by atoms with Crippen molar-refractivity contribution in [2.45, 2.75) is 19.3 Å². The number of nitrogens with zero attached hydrogens (tertiary/aromatic N) is 1. The smallest absolute Gasteiger partial charge is 0.105 e. The largest absolute Gasteiger partial charge is 0.349 e. The lowest BCUT2D eigenvalue weighted by Gasteiger charge is -1.92. The number of nitrogens with one attached hydrogen (secondary N) is 1. The van der Waals surface area contributed by atoms with E-state index in [4.69, 9.17) is 12.6 Å². The van der Waals surface area contributed by atoms with Crippen molar-refractivity contribution in [2.75, 3.05) is 5.75 Å². The van der Waals surface area contributed by atoms with Gasteiger partial charge in [-0.05, 0) is 12.8 Å². The van der Waals surface area contributed by atoms with Crippen molar-refractivity contribution in [1.29, 1.82) is 0 Å². The van der Waals surface area contributed by atoms with Crippen LogP contribution in [-0.4, -0.2) is 15.7 Å². The molecule has 1 radical (unpaired) electrons.